The van der Waals surface area contributed by atoms with Crippen LogP contribution < -0.4 is 29.6 Å². The summed E-state index contributed by atoms with van der Waals surface area (Å²) in [5, 5.41) is 0. The van der Waals surface area contributed by atoms with Gasteiger partial charge in [0.1, 0.15) is 0 Å². The number of rotatable bonds is 15. The van der Waals surface area contributed by atoms with Crippen LogP contribution in [0.25, 0.3) is 0 Å². The van der Waals surface area contributed by atoms with Crippen LogP contribution in [0.2, 0.25) is 0 Å². The van der Waals surface area contributed by atoms with Crippen LogP contribution >= 0.6 is 0 Å². The van der Waals surface area contributed by atoms with Crippen LogP contribution in [0, 0.1) is 0 Å². The summed E-state index contributed by atoms with van der Waals surface area (Å²) in [5.41, 5.74) is 0. The maximum atomic E-state index is 10.7. The Bertz CT molecular complexity index is 223. The molecule has 0 N–H and O–H groups in total. The molecule has 20 heavy (non-hydrogen) atoms. The molecule has 0 aromatic heterocycles. The van der Waals surface area contributed by atoms with E-state index in [1.54, 1.807) is 0 Å². The maximum Gasteiger partial charge on any atom is 1.00 e. The number of hydrogen-bond acceptors (Lipinski definition) is 2. The van der Waals surface area contributed by atoms with E-state index in [1.165, 1.54) is 70.6 Å². The van der Waals surface area contributed by atoms with Gasteiger partial charge >= 0.3 is 29.6 Å². The number of carbonyl (C=O) groups is 2. The molecule has 0 saturated carbocycles. The van der Waals surface area contributed by atoms with Gasteiger partial charge in [-0.2, -0.15) is 0 Å². The molecule has 3 heteroatoms. The summed E-state index contributed by atoms with van der Waals surface area (Å²) in [7, 11) is 0. The summed E-state index contributed by atoms with van der Waals surface area (Å²) in [5.74, 6) is -0.247. The molecule has 0 unspecified atom stereocenters. The SMILES string of the molecule is CCCCCCCCCCCCCCCC(=O)C=O.[H-].[Na+]. The van der Waals surface area contributed by atoms with Gasteiger partial charge in [0.25, 0.3) is 0 Å². The van der Waals surface area contributed by atoms with Crippen molar-refractivity contribution in [3.63, 3.8) is 0 Å². The summed E-state index contributed by atoms with van der Waals surface area (Å²) in [6, 6.07) is 0. The minimum Gasteiger partial charge on any atom is -1.00 e. The van der Waals surface area contributed by atoms with Crippen LogP contribution in [0.5, 0.6) is 0 Å². The zero-order valence-corrected chi connectivity index (χ0v) is 15.8. The molecule has 0 saturated heterocycles. The van der Waals surface area contributed by atoms with Crippen molar-refractivity contribution in [2.24, 2.45) is 0 Å². The van der Waals surface area contributed by atoms with E-state index in [4.69, 9.17) is 0 Å². The van der Waals surface area contributed by atoms with E-state index in [1.807, 2.05) is 0 Å². The number of aldehydes is 1. The first-order valence-corrected chi connectivity index (χ1v) is 8.29. The fraction of sp³-hybridized carbons (Fsp3) is 0.882. The molecule has 0 heterocycles. The summed E-state index contributed by atoms with van der Waals surface area (Å²) >= 11 is 0. The second-order valence-electron chi connectivity index (χ2n) is 5.58. The molecule has 0 aromatic carbocycles. The molecule has 0 fully saturated rings. The van der Waals surface area contributed by atoms with Crippen molar-refractivity contribution < 1.29 is 40.6 Å². The fourth-order valence-electron chi connectivity index (χ4n) is 2.38. The van der Waals surface area contributed by atoms with Crippen molar-refractivity contribution in [3.8, 4) is 0 Å². The van der Waals surface area contributed by atoms with Gasteiger partial charge in [0.2, 0.25) is 0 Å². The van der Waals surface area contributed by atoms with Crippen molar-refractivity contribution in [1.82, 2.24) is 0 Å². The smallest absolute Gasteiger partial charge is 1.00 e. The van der Waals surface area contributed by atoms with E-state index in [0.717, 1.165) is 12.8 Å². The Morgan fingerprint density at radius 3 is 1.45 bits per heavy atom. The first-order chi connectivity index (χ1) is 9.31. The molecule has 2 nitrogen and oxygen atoms in total. The number of unbranched alkanes of at least 4 members (excludes halogenated alkanes) is 12. The van der Waals surface area contributed by atoms with Crippen molar-refractivity contribution in [2.75, 3.05) is 0 Å². The van der Waals surface area contributed by atoms with Crippen LogP contribution in [0.15, 0.2) is 0 Å². The van der Waals surface area contributed by atoms with Crippen LogP contribution in [0.3, 0.4) is 0 Å². The molecule has 0 aliphatic heterocycles. The Morgan fingerprint density at radius 2 is 1.10 bits per heavy atom. The van der Waals surface area contributed by atoms with E-state index in [-0.39, 0.29) is 36.8 Å². The molecular formula is C17H33NaO2. The molecule has 0 bridgehead atoms. The van der Waals surface area contributed by atoms with E-state index in [0.29, 0.717) is 12.7 Å². The first-order valence-electron chi connectivity index (χ1n) is 8.29. The van der Waals surface area contributed by atoms with Crippen molar-refractivity contribution >= 4 is 12.1 Å². The molecule has 0 spiro atoms. The Kier molecular flexibility index (Phi) is 21.9. The molecule has 0 atom stereocenters. The molecule has 0 aliphatic carbocycles. The third kappa shape index (κ3) is 18.3. The topological polar surface area (TPSA) is 34.1 Å². The molecule has 0 rings (SSSR count). The maximum absolute atomic E-state index is 10.7. The third-order valence-electron chi connectivity index (χ3n) is 3.66. The minimum atomic E-state index is -0.247. The summed E-state index contributed by atoms with van der Waals surface area (Å²) in [6.45, 7) is 2.26. The average Bonchev–Trinajstić information content (AvgIpc) is 2.43. The molecule has 0 aromatic rings. The average molecular weight is 292 g/mol. The number of ketones is 1. The Morgan fingerprint density at radius 1 is 0.750 bits per heavy atom. The van der Waals surface area contributed by atoms with Crippen molar-refractivity contribution in [2.45, 2.75) is 96.8 Å². The zero-order chi connectivity index (χ0) is 14.2. The molecule has 0 radical (unpaired) electrons. The zero-order valence-electron chi connectivity index (χ0n) is 14.8. The van der Waals surface area contributed by atoms with Crippen LogP contribution in [-0.4, -0.2) is 12.1 Å². The van der Waals surface area contributed by atoms with Gasteiger partial charge in [-0.1, -0.05) is 84.0 Å². The second-order valence-corrected chi connectivity index (χ2v) is 5.58. The summed E-state index contributed by atoms with van der Waals surface area (Å²) in [6.07, 6.45) is 17.8. The largest absolute Gasteiger partial charge is 1.00 e. The Balaban J connectivity index is -0.00000162. The van der Waals surface area contributed by atoms with Gasteiger partial charge in [0.05, 0.1) is 0 Å². The second kappa shape index (κ2) is 19.3. The molecule has 114 valence electrons. The molecule has 0 aliphatic rings. The van der Waals surface area contributed by atoms with Crippen LogP contribution in [-0.2, 0) is 9.59 Å². The number of carbonyl (C=O) groups excluding carboxylic acids is 2. The van der Waals surface area contributed by atoms with E-state index < -0.39 is 0 Å². The van der Waals surface area contributed by atoms with Gasteiger partial charge in [0.15, 0.2) is 12.1 Å². The number of hydrogen-bond donors (Lipinski definition) is 0. The fourth-order valence-corrected chi connectivity index (χ4v) is 2.38. The van der Waals surface area contributed by atoms with E-state index in [9.17, 15) is 9.59 Å². The van der Waals surface area contributed by atoms with Crippen LogP contribution in [0.4, 0.5) is 0 Å². The normalized spacial score (nSPS) is 10.1. The summed E-state index contributed by atoms with van der Waals surface area (Å²) < 4.78 is 0. The Hall–Kier alpha value is 0.340. The predicted molar refractivity (Wildman–Crippen MR) is 82.5 cm³/mol. The number of Topliss-reactive ketones (excluding diaryl/α,β-unsaturated/α-hetero) is 1. The summed E-state index contributed by atoms with van der Waals surface area (Å²) in [4.78, 5) is 20.8. The Labute approximate surface area is 149 Å². The van der Waals surface area contributed by atoms with Gasteiger partial charge in [-0.15, -0.1) is 0 Å². The van der Waals surface area contributed by atoms with E-state index >= 15 is 0 Å². The van der Waals surface area contributed by atoms with Crippen LogP contribution in [0.1, 0.15) is 98.2 Å². The quantitative estimate of drug-likeness (QED) is 0.201. The standard InChI is InChI=1S/C17H32O2.Na.H/c1-2-3-4-5-6-7-8-9-10-11-12-13-14-15-17(19)16-18;;/h16H,2-15H2,1H3;;/q;+1;-1. The monoisotopic (exact) mass is 292 g/mol. The van der Waals surface area contributed by atoms with Gasteiger partial charge in [-0.05, 0) is 6.42 Å². The van der Waals surface area contributed by atoms with Gasteiger partial charge < -0.3 is 1.43 Å². The molecular weight excluding hydrogens is 259 g/mol. The van der Waals surface area contributed by atoms with Gasteiger partial charge in [-0.3, -0.25) is 9.59 Å². The third-order valence-corrected chi connectivity index (χ3v) is 3.66. The van der Waals surface area contributed by atoms with E-state index in [2.05, 4.69) is 6.92 Å². The van der Waals surface area contributed by atoms with Crippen molar-refractivity contribution in [3.05, 3.63) is 0 Å². The predicted octanol–water partition coefficient (Wildman–Crippen LogP) is 2.35. The van der Waals surface area contributed by atoms with Gasteiger partial charge in [-0.25, -0.2) is 0 Å². The minimum absolute atomic E-state index is 0. The van der Waals surface area contributed by atoms with Gasteiger partial charge in [0, 0.05) is 6.42 Å². The van der Waals surface area contributed by atoms with Crippen molar-refractivity contribution in [1.29, 1.82) is 0 Å². The first kappa shape index (κ1) is 22.6. The molecule has 0 amide bonds.